The van der Waals surface area contributed by atoms with Crippen molar-refractivity contribution >= 4 is 0 Å². The predicted octanol–water partition coefficient (Wildman–Crippen LogP) is 3.73. The summed E-state index contributed by atoms with van der Waals surface area (Å²) >= 11 is 0. The second-order valence-electron chi connectivity index (χ2n) is 7.31. The van der Waals surface area contributed by atoms with Crippen LogP contribution in [0, 0.1) is 16.7 Å². The summed E-state index contributed by atoms with van der Waals surface area (Å²) in [4.78, 5) is 0. The van der Waals surface area contributed by atoms with Crippen molar-refractivity contribution in [3.8, 4) is 0 Å². The highest BCUT2D eigenvalue weighted by Crippen LogP contribution is 2.66. The smallest absolute Gasteiger partial charge is 0.129 e. The summed E-state index contributed by atoms with van der Waals surface area (Å²) in [6.45, 7) is 8.64. The van der Waals surface area contributed by atoms with Crippen LogP contribution in [-0.4, -0.2) is 13.2 Å². The highest BCUT2D eigenvalue weighted by atomic mass is 16.5. The summed E-state index contributed by atoms with van der Waals surface area (Å²) in [7, 11) is 1.93. The summed E-state index contributed by atoms with van der Waals surface area (Å²) in [5, 5.41) is 3.10. The van der Waals surface area contributed by atoms with Crippen LogP contribution in [0.3, 0.4) is 0 Å². The average molecular weight is 277 g/mol. The monoisotopic (exact) mass is 277 g/mol. The Morgan fingerprint density at radius 2 is 2.05 bits per heavy atom. The second-order valence-corrected chi connectivity index (χ2v) is 7.31. The van der Waals surface area contributed by atoms with Crippen LogP contribution in [0.15, 0.2) is 16.5 Å². The van der Waals surface area contributed by atoms with Crippen molar-refractivity contribution in [1.29, 1.82) is 0 Å². The molecule has 1 heterocycles. The van der Waals surface area contributed by atoms with Crippen molar-refractivity contribution in [2.75, 3.05) is 7.05 Å². The van der Waals surface area contributed by atoms with Gasteiger partial charge in [-0.2, -0.15) is 0 Å². The Balaban J connectivity index is 1.62. The van der Waals surface area contributed by atoms with Gasteiger partial charge in [0.15, 0.2) is 0 Å². The topological polar surface area (TPSA) is 34.4 Å². The average Bonchev–Trinajstić information content (AvgIpc) is 2.98. The van der Waals surface area contributed by atoms with Gasteiger partial charge in [-0.1, -0.05) is 20.8 Å². The van der Waals surface area contributed by atoms with Gasteiger partial charge in [0.05, 0.1) is 12.6 Å². The van der Waals surface area contributed by atoms with Gasteiger partial charge in [-0.15, -0.1) is 0 Å². The van der Waals surface area contributed by atoms with E-state index in [-0.39, 0.29) is 0 Å². The molecule has 0 aliphatic heterocycles. The second kappa shape index (κ2) is 4.88. The maximum absolute atomic E-state index is 6.24. The number of nitrogens with one attached hydrogen (secondary N) is 1. The molecule has 0 amide bonds. The molecule has 3 atom stereocenters. The van der Waals surface area contributed by atoms with E-state index in [1.54, 1.807) is 0 Å². The Hall–Kier alpha value is -0.800. The molecule has 1 aromatic rings. The van der Waals surface area contributed by atoms with Crippen LogP contribution < -0.4 is 5.32 Å². The molecule has 20 heavy (non-hydrogen) atoms. The molecule has 3 nitrogen and oxygen atoms in total. The molecule has 3 rings (SSSR count). The first kappa shape index (κ1) is 14.2. The zero-order chi connectivity index (χ0) is 14.4. The quantitative estimate of drug-likeness (QED) is 0.890. The fraction of sp³-hybridized carbons (Fsp3) is 0.765. The normalized spacial score (nSPS) is 34.8. The molecule has 112 valence electrons. The fourth-order valence-corrected chi connectivity index (χ4v) is 4.33. The van der Waals surface area contributed by atoms with Gasteiger partial charge in [0.2, 0.25) is 0 Å². The number of fused-ring (bicyclic) bond motifs is 2. The highest BCUT2D eigenvalue weighted by molar-refractivity contribution is 5.12. The van der Waals surface area contributed by atoms with E-state index in [0.29, 0.717) is 23.5 Å². The van der Waals surface area contributed by atoms with Crippen LogP contribution in [0.5, 0.6) is 0 Å². The first-order chi connectivity index (χ1) is 9.47. The Morgan fingerprint density at radius 1 is 1.30 bits per heavy atom. The molecular weight excluding hydrogens is 250 g/mol. The van der Waals surface area contributed by atoms with E-state index in [1.807, 2.05) is 19.2 Å². The zero-order valence-electron chi connectivity index (χ0n) is 13.2. The number of furan rings is 1. The van der Waals surface area contributed by atoms with Crippen LogP contribution in [0.4, 0.5) is 0 Å². The maximum atomic E-state index is 6.24. The maximum Gasteiger partial charge on any atom is 0.129 e. The third kappa shape index (κ3) is 2.03. The molecule has 0 spiro atoms. The van der Waals surface area contributed by atoms with Crippen molar-refractivity contribution in [1.82, 2.24) is 5.32 Å². The number of ether oxygens (including phenoxy) is 1. The number of hydrogen-bond acceptors (Lipinski definition) is 3. The standard InChI is InChI=1S/C17H27NO2/c1-16(2)12-7-8-17(16,3)15(9-12)19-11-14-6-5-13(20-14)10-18-4/h5-6,12,15,18H,7-11H2,1-4H3. The lowest BCUT2D eigenvalue weighted by Gasteiger charge is -2.38. The van der Waals surface area contributed by atoms with E-state index in [1.165, 1.54) is 19.3 Å². The predicted molar refractivity (Wildman–Crippen MR) is 79.3 cm³/mol. The largest absolute Gasteiger partial charge is 0.462 e. The molecule has 0 radical (unpaired) electrons. The SMILES string of the molecule is CNCc1ccc(COC2CC3CCC2(C)C3(C)C)o1. The molecule has 2 bridgehead atoms. The van der Waals surface area contributed by atoms with Gasteiger partial charge in [-0.3, -0.25) is 0 Å². The molecule has 0 aromatic carbocycles. The van der Waals surface area contributed by atoms with Crippen LogP contribution in [-0.2, 0) is 17.9 Å². The van der Waals surface area contributed by atoms with Gasteiger partial charge in [-0.05, 0) is 55.2 Å². The minimum atomic E-state index is 0.331. The van der Waals surface area contributed by atoms with Crippen LogP contribution in [0.1, 0.15) is 51.6 Å². The minimum absolute atomic E-state index is 0.331. The van der Waals surface area contributed by atoms with E-state index in [4.69, 9.17) is 9.15 Å². The summed E-state index contributed by atoms with van der Waals surface area (Å²) in [5.74, 6) is 2.75. The van der Waals surface area contributed by atoms with Gasteiger partial charge in [-0.25, -0.2) is 0 Å². The van der Waals surface area contributed by atoms with E-state index in [9.17, 15) is 0 Å². The van der Waals surface area contributed by atoms with E-state index < -0.39 is 0 Å². The first-order valence-corrected chi connectivity index (χ1v) is 7.81. The Labute approximate surface area is 122 Å². The summed E-state index contributed by atoms with van der Waals surface area (Å²) in [6.07, 6.45) is 4.27. The van der Waals surface area contributed by atoms with Crippen molar-refractivity contribution in [3.05, 3.63) is 23.7 Å². The number of hydrogen-bond donors (Lipinski definition) is 1. The van der Waals surface area contributed by atoms with Crippen LogP contribution in [0.2, 0.25) is 0 Å². The first-order valence-electron chi connectivity index (χ1n) is 7.81. The van der Waals surface area contributed by atoms with Crippen molar-refractivity contribution in [2.45, 2.75) is 59.3 Å². The molecular formula is C17H27NO2. The molecule has 2 aliphatic carbocycles. The van der Waals surface area contributed by atoms with Gasteiger partial charge in [0.25, 0.3) is 0 Å². The molecule has 0 saturated heterocycles. The van der Waals surface area contributed by atoms with Crippen molar-refractivity contribution in [2.24, 2.45) is 16.7 Å². The Morgan fingerprint density at radius 3 is 2.65 bits per heavy atom. The van der Waals surface area contributed by atoms with Crippen LogP contribution in [0.25, 0.3) is 0 Å². The summed E-state index contributed by atoms with van der Waals surface area (Å²) in [5.41, 5.74) is 0.746. The van der Waals surface area contributed by atoms with E-state index in [0.717, 1.165) is 24.0 Å². The van der Waals surface area contributed by atoms with Crippen LogP contribution >= 0.6 is 0 Å². The van der Waals surface area contributed by atoms with E-state index >= 15 is 0 Å². The van der Waals surface area contributed by atoms with E-state index in [2.05, 4.69) is 26.1 Å². The van der Waals surface area contributed by atoms with Gasteiger partial charge >= 0.3 is 0 Å². The Bertz CT molecular complexity index is 479. The zero-order valence-corrected chi connectivity index (χ0v) is 13.2. The van der Waals surface area contributed by atoms with Gasteiger partial charge in [0.1, 0.15) is 18.1 Å². The summed E-state index contributed by atoms with van der Waals surface area (Å²) < 4.78 is 12.0. The fourth-order valence-electron chi connectivity index (χ4n) is 4.33. The highest BCUT2D eigenvalue weighted by Gasteiger charge is 2.61. The van der Waals surface area contributed by atoms with Crippen molar-refractivity contribution in [3.63, 3.8) is 0 Å². The van der Waals surface area contributed by atoms with Gasteiger partial charge < -0.3 is 14.5 Å². The minimum Gasteiger partial charge on any atom is -0.462 e. The lowest BCUT2D eigenvalue weighted by molar-refractivity contribution is -0.0598. The molecule has 2 saturated carbocycles. The lowest BCUT2D eigenvalue weighted by atomic mass is 9.70. The Kier molecular flexibility index (Phi) is 3.46. The third-order valence-electron chi connectivity index (χ3n) is 6.21. The molecule has 3 unspecified atom stereocenters. The molecule has 1 aromatic heterocycles. The third-order valence-corrected chi connectivity index (χ3v) is 6.21. The number of rotatable bonds is 5. The molecule has 1 N–H and O–H groups in total. The molecule has 2 fully saturated rings. The summed E-state index contributed by atoms with van der Waals surface area (Å²) in [6, 6.07) is 4.06. The molecule has 2 aliphatic rings. The van der Waals surface area contributed by atoms with Gasteiger partial charge in [0, 0.05) is 0 Å². The molecule has 3 heteroatoms. The lowest BCUT2D eigenvalue weighted by Crippen LogP contribution is -2.37. The van der Waals surface area contributed by atoms with Crippen molar-refractivity contribution < 1.29 is 9.15 Å².